The Bertz CT molecular complexity index is 823. The van der Waals surface area contributed by atoms with Crippen LogP contribution in [0.1, 0.15) is 44.2 Å². The highest BCUT2D eigenvalue weighted by molar-refractivity contribution is 6.30. The average molecular weight is 431 g/mol. The van der Waals surface area contributed by atoms with E-state index in [1.165, 1.54) is 0 Å². The van der Waals surface area contributed by atoms with Crippen LogP contribution in [0.4, 0.5) is 0 Å². The number of rotatable bonds is 11. The van der Waals surface area contributed by atoms with Gasteiger partial charge in [-0.2, -0.15) is 0 Å². The van der Waals surface area contributed by atoms with Crippen LogP contribution in [0, 0.1) is 6.92 Å². The molecule has 0 unspecified atom stereocenters. The maximum atomic E-state index is 13.1. The molecular weight excluding hydrogens is 400 g/mol. The minimum absolute atomic E-state index is 0.0469. The first kappa shape index (κ1) is 23.7. The SMILES string of the molecule is CCNC(=O)[C@@H](CC)N(Cc1cccc(C)c1)C(=O)CCCOc1ccc(Cl)cc1. The van der Waals surface area contributed by atoms with Crippen molar-refractivity contribution in [1.29, 1.82) is 0 Å². The van der Waals surface area contributed by atoms with E-state index in [1.807, 2.05) is 45.0 Å². The van der Waals surface area contributed by atoms with Gasteiger partial charge >= 0.3 is 0 Å². The van der Waals surface area contributed by atoms with E-state index in [0.29, 0.717) is 44.0 Å². The standard InChI is InChI=1S/C24H31ClN2O3/c1-4-22(24(29)26-5-2)27(17-19-9-6-8-18(3)16-19)23(28)10-7-15-30-21-13-11-20(25)12-14-21/h6,8-9,11-14,16,22H,4-5,7,10,15,17H2,1-3H3,(H,26,29)/t22-/m1/s1. The minimum atomic E-state index is -0.491. The lowest BCUT2D eigenvalue weighted by Crippen LogP contribution is -2.49. The van der Waals surface area contributed by atoms with Crippen LogP contribution in [0.3, 0.4) is 0 Å². The largest absolute Gasteiger partial charge is 0.494 e. The van der Waals surface area contributed by atoms with Gasteiger partial charge in [0, 0.05) is 24.5 Å². The van der Waals surface area contributed by atoms with Gasteiger partial charge in [-0.25, -0.2) is 0 Å². The molecule has 5 nitrogen and oxygen atoms in total. The fourth-order valence-electron chi connectivity index (χ4n) is 3.31. The molecule has 2 rings (SSSR count). The second kappa shape index (κ2) is 12.2. The van der Waals surface area contributed by atoms with E-state index in [9.17, 15) is 9.59 Å². The van der Waals surface area contributed by atoms with Gasteiger partial charge in [-0.05, 0) is 56.5 Å². The molecule has 0 bridgehead atoms. The number of amides is 2. The molecule has 1 atom stereocenters. The molecule has 6 heteroatoms. The topological polar surface area (TPSA) is 58.6 Å². The predicted octanol–water partition coefficient (Wildman–Crippen LogP) is 4.75. The van der Waals surface area contributed by atoms with Crippen molar-refractivity contribution in [3.63, 3.8) is 0 Å². The normalized spacial score (nSPS) is 11.6. The van der Waals surface area contributed by atoms with Crippen LogP contribution in [-0.4, -0.2) is 35.9 Å². The number of ether oxygens (including phenoxy) is 1. The first-order chi connectivity index (χ1) is 14.4. The quantitative estimate of drug-likeness (QED) is 0.523. The third kappa shape index (κ3) is 7.38. The van der Waals surface area contributed by atoms with Crippen molar-refractivity contribution in [3.05, 3.63) is 64.7 Å². The van der Waals surface area contributed by atoms with Crippen molar-refractivity contribution < 1.29 is 14.3 Å². The summed E-state index contributed by atoms with van der Waals surface area (Å²) in [6.45, 7) is 7.20. The smallest absolute Gasteiger partial charge is 0.242 e. The highest BCUT2D eigenvalue weighted by Gasteiger charge is 2.28. The van der Waals surface area contributed by atoms with Crippen LogP contribution in [0.2, 0.25) is 5.02 Å². The maximum Gasteiger partial charge on any atom is 0.242 e. The van der Waals surface area contributed by atoms with E-state index in [1.54, 1.807) is 29.2 Å². The Morgan fingerprint density at radius 3 is 2.50 bits per heavy atom. The monoisotopic (exact) mass is 430 g/mol. The van der Waals surface area contributed by atoms with Gasteiger partial charge in [0.05, 0.1) is 6.61 Å². The van der Waals surface area contributed by atoms with Crippen molar-refractivity contribution in [2.75, 3.05) is 13.2 Å². The Labute approximate surface area is 184 Å². The van der Waals surface area contributed by atoms with Crippen molar-refractivity contribution in [2.24, 2.45) is 0 Å². The molecule has 2 aromatic rings. The van der Waals surface area contributed by atoms with E-state index >= 15 is 0 Å². The summed E-state index contributed by atoms with van der Waals surface area (Å²) in [5.74, 6) is 0.560. The highest BCUT2D eigenvalue weighted by atomic mass is 35.5. The molecule has 0 aliphatic carbocycles. The summed E-state index contributed by atoms with van der Waals surface area (Å²) in [6.07, 6.45) is 1.44. The zero-order valence-electron chi connectivity index (χ0n) is 18.0. The molecule has 2 amide bonds. The van der Waals surface area contributed by atoms with Gasteiger partial charge in [-0.3, -0.25) is 9.59 Å². The van der Waals surface area contributed by atoms with Gasteiger partial charge in [0.25, 0.3) is 0 Å². The van der Waals surface area contributed by atoms with Gasteiger partial charge in [0.2, 0.25) is 11.8 Å². The zero-order valence-corrected chi connectivity index (χ0v) is 18.7. The van der Waals surface area contributed by atoms with Gasteiger partial charge < -0.3 is 15.0 Å². The van der Waals surface area contributed by atoms with Crippen LogP contribution in [0.25, 0.3) is 0 Å². The number of likely N-dealkylation sites (N-methyl/N-ethyl adjacent to an activating group) is 1. The second-order valence-electron chi connectivity index (χ2n) is 7.24. The van der Waals surface area contributed by atoms with Crippen molar-refractivity contribution >= 4 is 23.4 Å². The number of carbonyl (C=O) groups excluding carboxylic acids is 2. The van der Waals surface area contributed by atoms with E-state index in [0.717, 1.165) is 16.9 Å². The molecule has 0 aliphatic heterocycles. The first-order valence-electron chi connectivity index (χ1n) is 10.5. The predicted molar refractivity (Wildman–Crippen MR) is 121 cm³/mol. The Morgan fingerprint density at radius 2 is 1.87 bits per heavy atom. The molecule has 0 heterocycles. The summed E-state index contributed by atoms with van der Waals surface area (Å²) in [5, 5.41) is 3.51. The highest BCUT2D eigenvalue weighted by Crippen LogP contribution is 2.17. The van der Waals surface area contributed by atoms with E-state index in [-0.39, 0.29) is 11.8 Å². The van der Waals surface area contributed by atoms with Crippen molar-refractivity contribution in [1.82, 2.24) is 10.2 Å². The number of aryl methyl sites for hydroxylation is 1. The molecule has 2 aromatic carbocycles. The summed E-state index contributed by atoms with van der Waals surface area (Å²) in [5.41, 5.74) is 2.14. The van der Waals surface area contributed by atoms with E-state index < -0.39 is 6.04 Å². The molecule has 30 heavy (non-hydrogen) atoms. The molecule has 0 spiro atoms. The molecule has 0 saturated heterocycles. The van der Waals surface area contributed by atoms with E-state index in [4.69, 9.17) is 16.3 Å². The maximum absolute atomic E-state index is 13.1. The number of benzene rings is 2. The van der Waals surface area contributed by atoms with Crippen LogP contribution < -0.4 is 10.1 Å². The minimum Gasteiger partial charge on any atom is -0.494 e. The first-order valence-corrected chi connectivity index (χ1v) is 10.8. The summed E-state index contributed by atoms with van der Waals surface area (Å²) in [6, 6.07) is 14.7. The average Bonchev–Trinajstić information content (AvgIpc) is 2.72. The van der Waals surface area contributed by atoms with Gasteiger partial charge in [-0.15, -0.1) is 0 Å². The number of hydrogen-bond acceptors (Lipinski definition) is 3. The second-order valence-corrected chi connectivity index (χ2v) is 7.67. The number of carbonyl (C=O) groups is 2. The number of halogens is 1. The van der Waals surface area contributed by atoms with Crippen LogP contribution in [-0.2, 0) is 16.1 Å². The summed E-state index contributed by atoms with van der Waals surface area (Å²) in [4.78, 5) is 27.3. The molecule has 0 fully saturated rings. The fraction of sp³-hybridized carbons (Fsp3) is 0.417. The number of hydrogen-bond donors (Lipinski definition) is 1. The van der Waals surface area contributed by atoms with E-state index in [2.05, 4.69) is 5.32 Å². The lowest BCUT2D eigenvalue weighted by molar-refractivity contribution is -0.141. The Morgan fingerprint density at radius 1 is 1.13 bits per heavy atom. The Kier molecular flexibility index (Phi) is 9.68. The fourth-order valence-corrected chi connectivity index (χ4v) is 3.43. The molecule has 0 radical (unpaired) electrons. The molecule has 162 valence electrons. The molecule has 0 aliphatic rings. The van der Waals surface area contributed by atoms with Crippen molar-refractivity contribution in [2.45, 2.75) is 52.6 Å². The molecule has 0 saturated carbocycles. The third-order valence-electron chi connectivity index (χ3n) is 4.79. The van der Waals surface area contributed by atoms with Crippen LogP contribution >= 0.6 is 11.6 Å². The zero-order chi connectivity index (χ0) is 21.9. The van der Waals surface area contributed by atoms with Gasteiger partial charge in [0.1, 0.15) is 11.8 Å². The summed E-state index contributed by atoms with van der Waals surface area (Å²) < 4.78 is 5.69. The number of nitrogens with zero attached hydrogens (tertiary/aromatic N) is 1. The van der Waals surface area contributed by atoms with Crippen molar-refractivity contribution in [3.8, 4) is 5.75 Å². The van der Waals surface area contributed by atoms with Gasteiger partial charge in [0.15, 0.2) is 0 Å². The van der Waals surface area contributed by atoms with Crippen LogP contribution in [0.5, 0.6) is 5.75 Å². The Balaban J connectivity index is 2.02. The van der Waals surface area contributed by atoms with Crippen LogP contribution in [0.15, 0.2) is 48.5 Å². The summed E-state index contributed by atoms with van der Waals surface area (Å²) in [7, 11) is 0. The molecule has 0 aromatic heterocycles. The Hall–Kier alpha value is -2.53. The lowest BCUT2D eigenvalue weighted by atomic mass is 10.1. The van der Waals surface area contributed by atoms with Gasteiger partial charge in [-0.1, -0.05) is 48.4 Å². The lowest BCUT2D eigenvalue weighted by Gasteiger charge is -2.30. The summed E-state index contributed by atoms with van der Waals surface area (Å²) >= 11 is 5.88. The molecular formula is C24H31ClN2O3. The third-order valence-corrected chi connectivity index (χ3v) is 5.04. The number of nitrogens with one attached hydrogen (secondary N) is 1. The molecule has 1 N–H and O–H groups in total.